The quantitative estimate of drug-likeness (QED) is 0.812. The van der Waals surface area contributed by atoms with Crippen molar-refractivity contribution in [2.75, 3.05) is 19.6 Å². The molecule has 1 N–H and O–H groups in total. The number of aliphatic imine (C=N–C) groups is 1. The highest BCUT2D eigenvalue weighted by Gasteiger charge is 2.46. The van der Waals surface area contributed by atoms with Crippen molar-refractivity contribution in [1.82, 2.24) is 9.88 Å². The predicted octanol–water partition coefficient (Wildman–Crippen LogP) is 2.62. The molecule has 1 saturated heterocycles. The Balaban J connectivity index is 1.95. The van der Waals surface area contributed by atoms with Crippen LogP contribution in [-0.2, 0) is 5.54 Å². The van der Waals surface area contributed by atoms with Gasteiger partial charge in [-0.2, -0.15) is 0 Å². The number of aromatic nitrogens is 1. The number of hydrogen-bond donors (Lipinski definition) is 1. The maximum atomic E-state index is 13.9. The van der Waals surface area contributed by atoms with Gasteiger partial charge in [-0.25, -0.2) is 4.39 Å². The molecule has 0 unspecified atom stereocenters. The van der Waals surface area contributed by atoms with Crippen LogP contribution in [0.5, 0.6) is 0 Å². The van der Waals surface area contributed by atoms with E-state index in [4.69, 9.17) is 0 Å². The molecule has 0 bridgehead atoms. The van der Waals surface area contributed by atoms with Gasteiger partial charge in [0.2, 0.25) is 0 Å². The zero-order chi connectivity index (χ0) is 15.1. The Morgan fingerprint density at radius 1 is 1.41 bits per heavy atom. The molecule has 0 radical (unpaired) electrons. The van der Waals surface area contributed by atoms with Crippen molar-refractivity contribution < 1.29 is 9.18 Å². The maximum Gasteiger partial charge on any atom is 0.185 e. The summed E-state index contributed by atoms with van der Waals surface area (Å²) in [6, 6.07) is 2.86. The van der Waals surface area contributed by atoms with Crippen LogP contribution in [0.25, 0.3) is 10.9 Å². The number of nitrogens with one attached hydrogen (secondary N) is 1. The average molecular weight is 297 g/mol. The zero-order valence-electron chi connectivity index (χ0n) is 12.4. The Labute approximate surface area is 127 Å². The molecule has 1 atom stereocenters. The highest BCUT2D eigenvalue weighted by Crippen LogP contribution is 2.46. The Bertz CT molecular complexity index is 882. The van der Waals surface area contributed by atoms with Crippen LogP contribution in [0, 0.1) is 5.82 Å². The first-order chi connectivity index (χ1) is 10.6. The third kappa shape index (κ3) is 1.35. The second kappa shape index (κ2) is 3.84. The van der Waals surface area contributed by atoms with Crippen LogP contribution in [0.3, 0.4) is 0 Å². The van der Waals surface area contributed by atoms with E-state index < -0.39 is 0 Å². The fourth-order valence-corrected chi connectivity index (χ4v) is 4.41. The van der Waals surface area contributed by atoms with E-state index in [-0.39, 0.29) is 23.7 Å². The molecule has 0 aliphatic carbocycles. The number of H-pyrrole nitrogens is 1. The lowest BCUT2D eigenvalue weighted by Gasteiger charge is -2.39. The fourth-order valence-electron chi connectivity index (χ4n) is 4.41. The van der Waals surface area contributed by atoms with Gasteiger partial charge in [0.15, 0.2) is 5.78 Å². The highest BCUT2D eigenvalue weighted by atomic mass is 19.1. The van der Waals surface area contributed by atoms with Crippen LogP contribution in [0.1, 0.15) is 41.4 Å². The molecule has 112 valence electrons. The van der Waals surface area contributed by atoms with Crippen molar-refractivity contribution in [3.05, 3.63) is 34.8 Å². The van der Waals surface area contributed by atoms with Crippen LogP contribution in [0.15, 0.2) is 17.1 Å². The summed E-state index contributed by atoms with van der Waals surface area (Å²) in [5.74, 6) is -0.468. The number of ketones is 1. The standard InChI is InChI=1S/C17H16FN3O/c1-17-3-2-4-21(17)8-12-15-14-10(13(22)7-19-12)5-9(18)6-11(14)20-16(15)17/h5-6,20H,2-4,7-8H2,1H3/t17-/m1/s1. The summed E-state index contributed by atoms with van der Waals surface area (Å²) >= 11 is 0. The van der Waals surface area contributed by atoms with Crippen molar-refractivity contribution >= 4 is 22.4 Å². The van der Waals surface area contributed by atoms with E-state index in [1.165, 1.54) is 12.1 Å². The smallest absolute Gasteiger partial charge is 0.185 e. The van der Waals surface area contributed by atoms with E-state index in [0.717, 1.165) is 53.8 Å². The minimum atomic E-state index is -0.369. The van der Waals surface area contributed by atoms with Crippen LogP contribution >= 0.6 is 0 Å². The lowest BCUT2D eigenvalue weighted by atomic mass is 9.85. The number of fused-ring (bicyclic) bond motifs is 2. The number of Topliss-reactive ketones (excluding diaryl/α,β-unsaturated/α-hetero) is 1. The molecule has 0 amide bonds. The molecule has 3 aliphatic heterocycles. The largest absolute Gasteiger partial charge is 0.356 e. The van der Waals surface area contributed by atoms with Gasteiger partial charge >= 0.3 is 0 Å². The van der Waals surface area contributed by atoms with E-state index in [2.05, 4.69) is 21.8 Å². The molecule has 1 fully saturated rings. The molecule has 1 aromatic carbocycles. The van der Waals surface area contributed by atoms with Crippen LogP contribution in [-0.4, -0.2) is 41.0 Å². The molecule has 5 rings (SSSR count). The van der Waals surface area contributed by atoms with Crippen LogP contribution in [0.2, 0.25) is 0 Å². The number of hydrogen-bond acceptors (Lipinski definition) is 3. The first-order valence-electron chi connectivity index (χ1n) is 7.75. The molecular weight excluding hydrogens is 281 g/mol. The number of halogens is 1. The molecular formula is C17H16FN3O. The van der Waals surface area contributed by atoms with Gasteiger partial charge in [0.05, 0.1) is 11.3 Å². The number of carbonyl (C=O) groups is 1. The van der Waals surface area contributed by atoms with Crippen molar-refractivity contribution in [2.24, 2.45) is 4.99 Å². The number of nitrogens with zero attached hydrogens (tertiary/aromatic N) is 2. The second-order valence-electron chi connectivity index (χ2n) is 6.74. The molecule has 22 heavy (non-hydrogen) atoms. The topological polar surface area (TPSA) is 48.5 Å². The summed E-state index contributed by atoms with van der Waals surface area (Å²) in [6.07, 6.45) is 2.23. The summed E-state index contributed by atoms with van der Waals surface area (Å²) < 4.78 is 13.9. The summed E-state index contributed by atoms with van der Waals surface area (Å²) in [4.78, 5) is 22.8. The Kier molecular flexibility index (Phi) is 2.19. The van der Waals surface area contributed by atoms with Gasteiger partial charge in [0.1, 0.15) is 12.4 Å². The first kappa shape index (κ1) is 12.5. The lowest BCUT2D eigenvalue weighted by molar-refractivity contribution is 0.100. The van der Waals surface area contributed by atoms with Gasteiger partial charge in [-0.05, 0) is 38.4 Å². The van der Waals surface area contributed by atoms with Gasteiger partial charge in [0.25, 0.3) is 0 Å². The molecule has 4 nitrogen and oxygen atoms in total. The van der Waals surface area contributed by atoms with Crippen molar-refractivity contribution in [3.63, 3.8) is 0 Å². The van der Waals surface area contributed by atoms with E-state index >= 15 is 0 Å². The molecule has 1 aromatic heterocycles. The number of carbonyl (C=O) groups excluding carboxylic acids is 1. The third-order valence-corrected chi connectivity index (χ3v) is 5.53. The van der Waals surface area contributed by atoms with E-state index in [0.29, 0.717) is 5.56 Å². The van der Waals surface area contributed by atoms with Crippen molar-refractivity contribution in [1.29, 1.82) is 0 Å². The summed E-state index contributed by atoms with van der Waals surface area (Å²) in [7, 11) is 0. The average Bonchev–Trinajstić information content (AvgIpc) is 3.00. The summed E-state index contributed by atoms with van der Waals surface area (Å²) in [6.45, 7) is 4.17. The normalized spacial score (nSPS) is 27.0. The molecule has 2 aromatic rings. The zero-order valence-corrected chi connectivity index (χ0v) is 12.4. The van der Waals surface area contributed by atoms with Gasteiger partial charge in [-0.1, -0.05) is 0 Å². The number of aromatic amines is 1. The van der Waals surface area contributed by atoms with Crippen LogP contribution < -0.4 is 0 Å². The van der Waals surface area contributed by atoms with E-state index in [1.54, 1.807) is 0 Å². The number of rotatable bonds is 0. The Morgan fingerprint density at radius 3 is 3.14 bits per heavy atom. The Hall–Kier alpha value is -2.01. The first-order valence-corrected chi connectivity index (χ1v) is 7.75. The van der Waals surface area contributed by atoms with E-state index in [9.17, 15) is 9.18 Å². The molecule has 0 saturated carbocycles. The molecule has 4 heterocycles. The van der Waals surface area contributed by atoms with Gasteiger partial charge in [0, 0.05) is 34.3 Å². The maximum absolute atomic E-state index is 13.9. The number of benzene rings is 1. The van der Waals surface area contributed by atoms with Gasteiger partial charge in [-0.15, -0.1) is 0 Å². The predicted molar refractivity (Wildman–Crippen MR) is 82.2 cm³/mol. The molecule has 3 aliphatic rings. The SMILES string of the molecule is C[C@]12CCCN1CC1=NCC(=O)c3cc(F)cc4[nH]c2c1c34. The minimum Gasteiger partial charge on any atom is -0.356 e. The monoisotopic (exact) mass is 297 g/mol. The minimum absolute atomic E-state index is 0.0610. The molecule has 0 spiro atoms. The highest BCUT2D eigenvalue weighted by molar-refractivity contribution is 6.22. The van der Waals surface area contributed by atoms with Crippen molar-refractivity contribution in [2.45, 2.75) is 25.3 Å². The second-order valence-corrected chi connectivity index (χ2v) is 6.74. The van der Waals surface area contributed by atoms with E-state index in [1.807, 2.05) is 0 Å². The lowest BCUT2D eigenvalue weighted by Crippen LogP contribution is -2.47. The van der Waals surface area contributed by atoms with Gasteiger partial charge < -0.3 is 4.98 Å². The van der Waals surface area contributed by atoms with Crippen molar-refractivity contribution in [3.8, 4) is 0 Å². The third-order valence-electron chi connectivity index (χ3n) is 5.53. The van der Waals surface area contributed by atoms with Crippen LogP contribution in [0.4, 0.5) is 4.39 Å². The summed E-state index contributed by atoms with van der Waals surface area (Å²) in [5.41, 5.74) is 4.26. The summed E-state index contributed by atoms with van der Waals surface area (Å²) in [5, 5.41) is 0.866. The van der Waals surface area contributed by atoms with Gasteiger partial charge in [-0.3, -0.25) is 14.7 Å². The Morgan fingerprint density at radius 2 is 2.27 bits per heavy atom. The molecule has 5 heteroatoms. The fraction of sp³-hybridized carbons (Fsp3) is 0.412.